The molecule has 1 atom stereocenters. The zero-order valence-corrected chi connectivity index (χ0v) is 13.2. The predicted molar refractivity (Wildman–Crippen MR) is 90.9 cm³/mol. The first-order chi connectivity index (χ1) is 10.8. The molecule has 3 aromatic rings. The van der Waals surface area contributed by atoms with Gasteiger partial charge in [-0.25, -0.2) is 0 Å². The Hall–Kier alpha value is -2.07. The first-order valence-corrected chi connectivity index (χ1v) is 8.07. The molecule has 2 aromatic heterocycles. The zero-order valence-electron chi connectivity index (χ0n) is 13.2. The molecule has 4 heteroatoms. The summed E-state index contributed by atoms with van der Waals surface area (Å²) in [6, 6.07) is 13.2. The molecule has 0 fully saturated rings. The van der Waals surface area contributed by atoms with Gasteiger partial charge in [0.15, 0.2) is 0 Å². The summed E-state index contributed by atoms with van der Waals surface area (Å²) in [7, 11) is 0. The van der Waals surface area contributed by atoms with Gasteiger partial charge < -0.3 is 9.88 Å². The van der Waals surface area contributed by atoms with Crippen LogP contribution in [0.1, 0.15) is 19.8 Å². The Morgan fingerprint density at radius 1 is 1.09 bits per heavy atom. The topological polar surface area (TPSA) is 34.8 Å². The second-order valence-electron chi connectivity index (χ2n) is 5.83. The van der Waals surface area contributed by atoms with E-state index in [0.29, 0.717) is 6.04 Å². The summed E-state index contributed by atoms with van der Waals surface area (Å²) in [4.78, 5) is 0. The van der Waals surface area contributed by atoms with Gasteiger partial charge in [-0.05, 0) is 49.9 Å². The molecule has 3 rings (SSSR count). The number of para-hydroxylation sites is 1. The Bertz CT molecular complexity index is 684. The van der Waals surface area contributed by atoms with Gasteiger partial charge in [0.05, 0.1) is 0 Å². The third-order valence-electron chi connectivity index (χ3n) is 4.10. The highest BCUT2D eigenvalue weighted by Crippen LogP contribution is 2.15. The molecule has 1 aromatic carbocycles. The Morgan fingerprint density at radius 3 is 2.86 bits per heavy atom. The third-order valence-corrected chi connectivity index (χ3v) is 4.10. The Morgan fingerprint density at radius 2 is 2.00 bits per heavy atom. The first-order valence-electron chi connectivity index (χ1n) is 8.07. The highest BCUT2D eigenvalue weighted by Gasteiger charge is 2.03. The van der Waals surface area contributed by atoms with Crippen LogP contribution in [-0.4, -0.2) is 26.9 Å². The van der Waals surface area contributed by atoms with Crippen LogP contribution >= 0.6 is 0 Å². The van der Waals surface area contributed by atoms with Crippen molar-refractivity contribution in [3.05, 3.63) is 55.0 Å². The van der Waals surface area contributed by atoms with Crippen LogP contribution < -0.4 is 5.32 Å². The SMILES string of the molecule is CC(CCn1cccn1)NCCCn1ccc2ccccc21. The molecule has 0 aliphatic heterocycles. The van der Waals surface area contributed by atoms with Crippen LogP contribution in [0.4, 0.5) is 0 Å². The van der Waals surface area contributed by atoms with Crippen LogP contribution in [0.2, 0.25) is 0 Å². The van der Waals surface area contributed by atoms with Crippen molar-refractivity contribution in [1.29, 1.82) is 0 Å². The summed E-state index contributed by atoms with van der Waals surface area (Å²) >= 11 is 0. The quantitative estimate of drug-likeness (QED) is 0.647. The molecule has 0 saturated carbocycles. The Labute approximate surface area is 131 Å². The number of aromatic nitrogens is 3. The van der Waals surface area contributed by atoms with E-state index in [0.717, 1.165) is 32.5 Å². The van der Waals surface area contributed by atoms with E-state index in [2.05, 4.69) is 58.4 Å². The van der Waals surface area contributed by atoms with Crippen molar-refractivity contribution in [3.63, 3.8) is 0 Å². The van der Waals surface area contributed by atoms with Gasteiger partial charge in [0, 0.05) is 43.2 Å². The number of fused-ring (bicyclic) bond motifs is 1. The van der Waals surface area contributed by atoms with Gasteiger partial charge in [-0.15, -0.1) is 0 Å². The fraction of sp³-hybridized carbons (Fsp3) is 0.389. The predicted octanol–water partition coefficient (Wildman–Crippen LogP) is 3.30. The molecule has 1 N–H and O–H groups in total. The minimum Gasteiger partial charge on any atom is -0.347 e. The number of hydrogen-bond acceptors (Lipinski definition) is 2. The molecule has 1 unspecified atom stereocenters. The first kappa shape index (κ1) is 14.9. The summed E-state index contributed by atoms with van der Waals surface area (Å²) in [6.07, 6.45) is 8.29. The van der Waals surface area contributed by atoms with E-state index in [4.69, 9.17) is 0 Å². The second-order valence-corrected chi connectivity index (χ2v) is 5.83. The Kier molecular flexibility index (Phi) is 4.91. The molecule has 116 valence electrons. The maximum atomic E-state index is 4.23. The molecule has 2 heterocycles. The number of nitrogens with zero attached hydrogens (tertiary/aromatic N) is 3. The van der Waals surface area contributed by atoms with Gasteiger partial charge in [0.1, 0.15) is 0 Å². The number of rotatable bonds is 8. The van der Waals surface area contributed by atoms with Crippen molar-refractivity contribution in [1.82, 2.24) is 19.7 Å². The van der Waals surface area contributed by atoms with E-state index < -0.39 is 0 Å². The lowest BCUT2D eigenvalue weighted by atomic mass is 10.2. The molecule has 0 saturated heterocycles. The van der Waals surface area contributed by atoms with Crippen molar-refractivity contribution in [2.24, 2.45) is 0 Å². The molecule has 22 heavy (non-hydrogen) atoms. The highest BCUT2D eigenvalue weighted by atomic mass is 15.3. The molecule has 0 spiro atoms. The van der Waals surface area contributed by atoms with Crippen LogP contribution in [-0.2, 0) is 13.1 Å². The number of nitrogens with one attached hydrogen (secondary N) is 1. The average Bonchev–Trinajstić information content (AvgIpc) is 3.19. The molecular weight excluding hydrogens is 272 g/mol. The van der Waals surface area contributed by atoms with Gasteiger partial charge in [0.25, 0.3) is 0 Å². The maximum Gasteiger partial charge on any atom is 0.0489 e. The third kappa shape index (κ3) is 3.77. The van der Waals surface area contributed by atoms with Crippen molar-refractivity contribution < 1.29 is 0 Å². The lowest BCUT2D eigenvalue weighted by Gasteiger charge is -2.14. The van der Waals surface area contributed by atoms with Crippen LogP contribution in [0.15, 0.2) is 55.0 Å². The van der Waals surface area contributed by atoms with Gasteiger partial charge in [0.2, 0.25) is 0 Å². The Balaban J connectivity index is 1.38. The molecule has 0 aliphatic rings. The molecule has 0 radical (unpaired) electrons. The van der Waals surface area contributed by atoms with Gasteiger partial charge in [-0.1, -0.05) is 18.2 Å². The van der Waals surface area contributed by atoms with E-state index in [1.54, 1.807) is 0 Å². The van der Waals surface area contributed by atoms with E-state index in [1.807, 2.05) is 23.1 Å². The number of aryl methyl sites for hydroxylation is 2. The molecule has 4 nitrogen and oxygen atoms in total. The second kappa shape index (κ2) is 7.27. The lowest BCUT2D eigenvalue weighted by Crippen LogP contribution is -2.28. The average molecular weight is 296 g/mol. The van der Waals surface area contributed by atoms with Gasteiger partial charge >= 0.3 is 0 Å². The largest absolute Gasteiger partial charge is 0.347 e. The van der Waals surface area contributed by atoms with Crippen LogP contribution in [0.5, 0.6) is 0 Å². The highest BCUT2D eigenvalue weighted by molar-refractivity contribution is 5.79. The van der Waals surface area contributed by atoms with E-state index in [9.17, 15) is 0 Å². The van der Waals surface area contributed by atoms with Crippen LogP contribution in [0, 0.1) is 0 Å². The van der Waals surface area contributed by atoms with Crippen molar-refractivity contribution in [2.75, 3.05) is 6.54 Å². The smallest absolute Gasteiger partial charge is 0.0489 e. The number of benzene rings is 1. The fourth-order valence-electron chi connectivity index (χ4n) is 2.79. The minimum absolute atomic E-state index is 0.519. The minimum atomic E-state index is 0.519. The van der Waals surface area contributed by atoms with Crippen molar-refractivity contribution >= 4 is 10.9 Å². The maximum absolute atomic E-state index is 4.23. The summed E-state index contributed by atoms with van der Waals surface area (Å²) in [5.41, 5.74) is 1.33. The van der Waals surface area contributed by atoms with E-state index >= 15 is 0 Å². The molecular formula is C18H24N4. The summed E-state index contributed by atoms with van der Waals surface area (Å²) in [5.74, 6) is 0. The van der Waals surface area contributed by atoms with E-state index in [1.165, 1.54) is 10.9 Å². The normalized spacial score (nSPS) is 12.8. The van der Waals surface area contributed by atoms with Crippen LogP contribution in [0.25, 0.3) is 10.9 Å². The summed E-state index contributed by atoms with van der Waals surface area (Å²) < 4.78 is 4.33. The number of hydrogen-bond donors (Lipinski definition) is 1. The molecule has 0 bridgehead atoms. The van der Waals surface area contributed by atoms with Crippen molar-refractivity contribution in [2.45, 2.75) is 38.9 Å². The van der Waals surface area contributed by atoms with E-state index in [-0.39, 0.29) is 0 Å². The van der Waals surface area contributed by atoms with Gasteiger partial charge in [-0.2, -0.15) is 5.10 Å². The van der Waals surface area contributed by atoms with Crippen molar-refractivity contribution in [3.8, 4) is 0 Å². The lowest BCUT2D eigenvalue weighted by molar-refractivity contribution is 0.448. The van der Waals surface area contributed by atoms with Gasteiger partial charge in [-0.3, -0.25) is 4.68 Å². The standard InChI is InChI=1S/C18H24N4/c1-16(8-15-22-13-5-11-20-22)19-10-4-12-21-14-9-17-6-2-3-7-18(17)21/h2-3,5-7,9,11,13-14,16,19H,4,8,10,12,15H2,1H3. The zero-order chi connectivity index (χ0) is 15.2. The fourth-order valence-corrected chi connectivity index (χ4v) is 2.79. The monoisotopic (exact) mass is 296 g/mol. The molecule has 0 amide bonds. The molecule has 0 aliphatic carbocycles. The summed E-state index contributed by atoms with van der Waals surface area (Å²) in [6.45, 7) is 5.33. The van der Waals surface area contributed by atoms with Crippen LogP contribution in [0.3, 0.4) is 0 Å². The summed E-state index contributed by atoms with van der Waals surface area (Å²) in [5, 5.41) is 9.16.